The summed E-state index contributed by atoms with van der Waals surface area (Å²) in [5, 5.41) is 0. The van der Waals surface area contributed by atoms with Crippen molar-refractivity contribution in [3.63, 3.8) is 0 Å². The minimum atomic E-state index is -0.834. The summed E-state index contributed by atoms with van der Waals surface area (Å²) in [5.74, 6) is -1.46. The van der Waals surface area contributed by atoms with Crippen LogP contribution in [0.3, 0.4) is 0 Å². The molecular formula is C19H24N2O6. The zero-order chi connectivity index (χ0) is 19.6. The Kier molecular flexibility index (Phi) is 5.76. The fraction of sp³-hybridized carbons (Fsp3) is 0.526. The van der Waals surface area contributed by atoms with Gasteiger partial charge in [0.05, 0.1) is 17.6 Å². The van der Waals surface area contributed by atoms with Crippen LogP contribution in [0.5, 0.6) is 0 Å². The average molecular weight is 376 g/mol. The van der Waals surface area contributed by atoms with Gasteiger partial charge in [-0.1, -0.05) is 18.2 Å². The van der Waals surface area contributed by atoms with E-state index in [9.17, 15) is 14.4 Å². The fourth-order valence-corrected chi connectivity index (χ4v) is 3.88. The highest BCUT2D eigenvalue weighted by atomic mass is 16.6. The van der Waals surface area contributed by atoms with Crippen LogP contribution in [0.4, 0.5) is 0 Å². The number of ether oxygens (including phenoxy) is 3. The smallest absolute Gasteiger partial charge is 0.338 e. The first-order valence-electron chi connectivity index (χ1n) is 8.97. The average Bonchev–Trinajstić information content (AvgIpc) is 2.99. The number of fused-ring (bicyclic) bond motifs is 1. The summed E-state index contributed by atoms with van der Waals surface area (Å²) in [4.78, 5) is 37.7. The quantitative estimate of drug-likeness (QED) is 0.597. The zero-order valence-electron chi connectivity index (χ0n) is 15.4. The Labute approximate surface area is 157 Å². The first-order chi connectivity index (χ1) is 12.9. The van der Waals surface area contributed by atoms with Crippen LogP contribution in [-0.2, 0) is 23.8 Å². The molecule has 5 atom stereocenters. The molecule has 8 heteroatoms. The van der Waals surface area contributed by atoms with Crippen molar-refractivity contribution in [2.24, 2.45) is 5.73 Å². The topological polar surface area (TPSA) is 108 Å². The third-order valence-corrected chi connectivity index (χ3v) is 4.90. The van der Waals surface area contributed by atoms with Crippen molar-refractivity contribution in [3.8, 4) is 0 Å². The van der Waals surface area contributed by atoms with E-state index in [4.69, 9.17) is 19.9 Å². The molecular weight excluding hydrogens is 352 g/mol. The summed E-state index contributed by atoms with van der Waals surface area (Å²) in [5.41, 5.74) is 6.64. The van der Waals surface area contributed by atoms with Crippen molar-refractivity contribution in [2.75, 3.05) is 13.1 Å². The maximum absolute atomic E-state index is 12.5. The molecule has 1 aromatic rings. The molecule has 0 bridgehead atoms. The number of piperidine rings is 1. The third-order valence-electron chi connectivity index (χ3n) is 4.90. The maximum atomic E-state index is 12.5. The summed E-state index contributed by atoms with van der Waals surface area (Å²) in [7, 11) is 0. The molecule has 2 aliphatic rings. The molecule has 27 heavy (non-hydrogen) atoms. The Morgan fingerprint density at radius 3 is 2.30 bits per heavy atom. The van der Waals surface area contributed by atoms with E-state index in [0.717, 1.165) is 0 Å². The van der Waals surface area contributed by atoms with E-state index in [2.05, 4.69) is 0 Å². The molecule has 0 aromatic heterocycles. The molecule has 8 nitrogen and oxygen atoms in total. The van der Waals surface area contributed by atoms with Crippen molar-refractivity contribution in [1.82, 2.24) is 4.90 Å². The van der Waals surface area contributed by atoms with Gasteiger partial charge < -0.3 is 19.9 Å². The summed E-state index contributed by atoms with van der Waals surface area (Å²) in [6, 6.07) is 7.61. The summed E-state index contributed by atoms with van der Waals surface area (Å²) < 4.78 is 16.6. The summed E-state index contributed by atoms with van der Waals surface area (Å²) >= 11 is 0. The molecule has 0 radical (unpaired) electrons. The van der Waals surface area contributed by atoms with E-state index in [1.165, 1.54) is 13.8 Å². The highest BCUT2D eigenvalue weighted by molar-refractivity contribution is 5.89. The van der Waals surface area contributed by atoms with Gasteiger partial charge in [-0.3, -0.25) is 14.5 Å². The number of rotatable bonds is 4. The maximum Gasteiger partial charge on any atom is 0.338 e. The van der Waals surface area contributed by atoms with E-state index in [1.54, 1.807) is 30.3 Å². The Morgan fingerprint density at radius 2 is 1.67 bits per heavy atom. The molecule has 2 fully saturated rings. The van der Waals surface area contributed by atoms with Crippen LogP contribution in [-0.4, -0.2) is 66.3 Å². The lowest BCUT2D eigenvalue weighted by Gasteiger charge is -2.44. The number of nitrogens with zero attached hydrogens (tertiary/aromatic N) is 1. The molecule has 0 aliphatic carbocycles. The van der Waals surface area contributed by atoms with Crippen LogP contribution >= 0.6 is 0 Å². The number of esters is 3. The molecule has 2 saturated heterocycles. The molecule has 0 saturated carbocycles. The number of nitrogens with two attached hydrogens (primary N) is 1. The van der Waals surface area contributed by atoms with Gasteiger partial charge in [-0.05, 0) is 18.6 Å². The van der Waals surface area contributed by atoms with Gasteiger partial charge in [0.15, 0.2) is 12.2 Å². The lowest BCUT2D eigenvalue weighted by Crippen LogP contribution is -2.66. The van der Waals surface area contributed by atoms with Crippen LogP contribution < -0.4 is 5.73 Å². The normalized spacial score (nSPS) is 30.3. The highest BCUT2D eigenvalue weighted by Crippen LogP contribution is 2.33. The number of carbonyl (C=O) groups excluding carboxylic acids is 3. The van der Waals surface area contributed by atoms with Crippen LogP contribution in [0.15, 0.2) is 30.3 Å². The van der Waals surface area contributed by atoms with Crippen molar-refractivity contribution in [1.29, 1.82) is 0 Å². The van der Waals surface area contributed by atoms with E-state index >= 15 is 0 Å². The molecule has 1 unspecified atom stereocenters. The number of hydrogen-bond acceptors (Lipinski definition) is 8. The molecule has 1 aromatic carbocycles. The molecule has 2 N–H and O–H groups in total. The number of hydrogen-bond donors (Lipinski definition) is 1. The number of benzene rings is 1. The van der Waals surface area contributed by atoms with E-state index in [1.807, 2.05) is 4.90 Å². The van der Waals surface area contributed by atoms with Crippen molar-refractivity contribution in [3.05, 3.63) is 35.9 Å². The predicted molar refractivity (Wildman–Crippen MR) is 94.7 cm³/mol. The molecule has 2 aliphatic heterocycles. The first kappa shape index (κ1) is 19.3. The lowest BCUT2D eigenvalue weighted by atomic mass is 9.91. The SMILES string of the molecule is CC(=O)O[C@H]1CCN2C[C@H](N)[C@@H](OC(=O)c3ccccc3)[C@H](OC(C)=O)C12. The van der Waals surface area contributed by atoms with E-state index < -0.39 is 48.3 Å². The van der Waals surface area contributed by atoms with Gasteiger partial charge >= 0.3 is 17.9 Å². The van der Waals surface area contributed by atoms with Crippen LogP contribution in [0.2, 0.25) is 0 Å². The van der Waals surface area contributed by atoms with Crippen molar-refractivity contribution < 1.29 is 28.6 Å². The third kappa shape index (κ3) is 4.28. The molecule has 3 rings (SSSR count). The minimum Gasteiger partial charge on any atom is -0.461 e. The van der Waals surface area contributed by atoms with Crippen LogP contribution in [0, 0.1) is 0 Å². The van der Waals surface area contributed by atoms with E-state index in [-0.39, 0.29) is 0 Å². The lowest BCUT2D eigenvalue weighted by molar-refractivity contribution is -0.173. The number of carbonyl (C=O) groups is 3. The Hall–Kier alpha value is -2.45. The summed E-state index contributed by atoms with van der Waals surface area (Å²) in [6.45, 7) is 3.74. The second kappa shape index (κ2) is 8.06. The fourth-order valence-electron chi connectivity index (χ4n) is 3.88. The minimum absolute atomic E-state index is 0.386. The second-order valence-corrected chi connectivity index (χ2v) is 6.90. The predicted octanol–water partition coefficient (Wildman–Crippen LogP) is 0.491. The molecule has 146 valence electrons. The van der Waals surface area contributed by atoms with Crippen LogP contribution in [0.1, 0.15) is 30.6 Å². The van der Waals surface area contributed by atoms with Crippen molar-refractivity contribution in [2.45, 2.75) is 50.7 Å². The second-order valence-electron chi connectivity index (χ2n) is 6.90. The van der Waals surface area contributed by atoms with Crippen molar-refractivity contribution >= 4 is 17.9 Å². The Bertz CT molecular complexity index is 709. The highest BCUT2D eigenvalue weighted by Gasteiger charge is 2.53. The van der Waals surface area contributed by atoms with Crippen LogP contribution in [0.25, 0.3) is 0 Å². The summed E-state index contributed by atoms with van der Waals surface area (Å²) in [6.07, 6.45) is -1.49. The van der Waals surface area contributed by atoms with Gasteiger partial charge in [-0.25, -0.2) is 4.79 Å². The molecule has 0 amide bonds. The van der Waals surface area contributed by atoms with Gasteiger partial charge in [0.1, 0.15) is 6.10 Å². The standard InChI is InChI=1S/C19H24N2O6/c1-11(22)25-15-8-9-21-10-14(20)17(18(16(15)21)26-12(2)23)27-19(24)13-6-4-3-5-7-13/h3-7,14-18H,8-10,20H2,1-2H3/t14-,15-,16?,17+,18+/m0/s1. The monoisotopic (exact) mass is 376 g/mol. The van der Waals surface area contributed by atoms with Gasteiger partial charge in [0, 0.05) is 26.9 Å². The van der Waals surface area contributed by atoms with Gasteiger partial charge in [-0.2, -0.15) is 0 Å². The Morgan fingerprint density at radius 1 is 1.00 bits per heavy atom. The zero-order valence-corrected chi connectivity index (χ0v) is 15.4. The molecule has 2 heterocycles. The first-order valence-corrected chi connectivity index (χ1v) is 8.97. The molecule has 0 spiro atoms. The van der Waals surface area contributed by atoms with Gasteiger partial charge in [0.25, 0.3) is 0 Å². The van der Waals surface area contributed by atoms with Gasteiger partial charge in [0.2, 0.25) is 0 Å². The largest absolute Gasteiger partial charge is 0.461 e. The Balaban J connectivity index is 1.85. The van der Waals surface area contributed by atoms with Gasteiger partial charge in [-0.15, -0.1) is 0 Å². The van der Waals surface area contributed by atoms with E-state index in [0.29, 0.717) is 25.1 Å².